The summed E-state index contributed by atoms with van der Waals surface area (Å²) in [4.78, 5) is 11.1. The zero-order chi connectivity index (χ0) is 23.0. The minimum atomic E-state index is 0.0917. The van der Waals surface area contributed by atoms with Gasteiger partial charge in [-0.1, -0.05) is 0 Å². The molecule has 0 bridgehead atoms. The lowest BCUT2D eigenvalue weighted by Crippen LogP contribution is -2.36. The first-order valence-corrected chi connectivity index (χ1v) is 11.3. The standard InChI is InChI=1S/C24H29N7O2/c1-3-27-21-14-19(31-10-12-32-13-11-31)15-22(24(21)26-2)33-20-7-4-17(5-8-20)28-23-9-6-18(16-25)29-30-23/h3,6,9,14-15,17,20H,2,4-5,7-8,10-13H2,1H3,(H,28,30)/b27-3-/t17-,20+. The minimum Gasteiger partial charge on any atom is -0.488 e. The van der Waals surface area contributed by atoms with Crippen molar-refractivity contribution in [2.45, 2.75) is 44.8 Å². The first-order chi connectivity index (χ1) is 16.2. The van der Waals surface area contributed by atoms with Crippen LogP contribution in [0.3, 0.4) is 0 Å². The number of morpholine rings is 1. The van der Waals surface area contributed by atoms with Gasteiger partial charge in [-0.2, -0.15) is 5.26 Å². The van der Waals surface area contributed by atoms with Gasteiger partial charge in [-0.25, -0.2) is 0 Å². The summed E-state index contributed by atoms with van der Waals surface area (Å²) in [6, 6.07) is 9.85. The Morgan fingerprint density at radius 2 is 2.00 bits per heavy atom. The van der Waals surface area contributed by atoms with Gasteiger partial charge in [-0.3, -0.25) is 9.98 Å². The van der Waals surface area contributed by atoms with Crippen molar-refractivity contribution in [1.29, 1.82) is 5.26 Å². The van der Waals surface area contributed by atoms with Gasteiger partial charge in [0.05, 0.1) is 25.0 Å². The monoisotopic (exact) mass is 447 g/mol. The third kappa shape index (κ3) is 5.65. The van der Waals surface area contributed by atoms with Crippen LogP contribution in [0.25, 0.3) is 0 Å². The largest absolute Gasteiger partial charge is 0.488 e. The SMILES string of the molecule is C=Nc1c(/N=C\C)cc(N2CCOCC2)cc1O[C@H]1CC[C@@H](Nc2ccc(C#N)nn2)CC1. The number of ether oxygens (including phenoxy) is 2. The lowest BCUT2D eigenvalue weighted by molar-refractivity contribution is 0.122. The van der Waals surface area contributed by atoms with E-state index in [9.17, 15) is 0 Å². The second-order valence-corrected chi connectivity index (χ2v) is 8.11. The Bertz CT molecular complexity index is 1020. The third-order valence-electron chi connectivity index (χ3n) is 5.94. The van der Waals surface area contributed by atoms with E-state index < -0.39 is 0 Å². The number of nitriles is 1. The molecular formula is C24H29N7O2. The molecule has 0 atom stereocenters. The third-order valence-corrected chi connectivity index (χ3v) is 5.94. The number of nitrogens with one attached hydrogen (secondary N) is 1. The smallest absolute Gasteiger partial charge is 0.163 e. The van der Waals surface area contributed by atoms with E-state index in [4.69, 9.17) is 14.7 Å². The molecular weight excluding hydrogens is 418 g/mol. The average Bonchev–Trinajstić information content (AvgIpc) is 2.86. The Labute approximate surface area is 194 Å². The Morgan fingerprint density at radius 3 is 2.64 bits per heavy atom. The average molecular weight is 448 g/mol. The first-order valence-electron chi connectivity index (χ1n) is 11.3. The van der Waals surface area contributed by atoms with Gasteiger partial charge in [0.2, 0.25) is 0 Å². The Morgan fingerprint density at radius 1 is 1.21 bits per heavy atom. The molecule has 9 nitrogen and oxygen atoms in total. The van der Waals surface area contributed by atoms with E-state index >= 15 is 0 Å². The summed E-state index contributed by atoms with van der Waals surface area (Å²) >= 11 is 0. The topological polar surface area (TPSA) is 108 Å². The highest BCUT2D eigenvalue weighted by Gasteiger charge is 2.25. The molecule has 1 aromatic carbocycles. The molecule has 2 aliphatic rings. The summed E-state index contributed by atoms with van der Waals surface area (Å²) in [7, 11) is 0. The molecule has 1 aromatic heterocycles. The maximum absolute atomic E-state index is 8.86. The van der Waals surface area contributed by atoms with Crippen molar-refractivity contribution in [1.82, 2.24) is 10.2 Å². The maximum Gasteiger partial charge on any atom is 0.163 e. The summed E-state index contributed by atoms with van der Waals surface area (Å²) in [5, 5.41) is 20.2. The summed E-state index contributed by atoms with van der Waals surface area (Å²) < 4.78 is 12.0. The van der Waals surface area contributed by atoms with Crippen LogP contribution in [0.15, 0.2) is 34.3 Å². The Balaban J connectivity index is 1.44. The number of benzene rings is 1. The highest BCUT2D eigenvalue weighted by molar-refractivity contribution is 5.80. The molecule has 1 saturated heterocycles. The molecule has 0 unspecified atom stereocenters. The number of hydrogen-bond donors (Lipinski definition) is 1. The van der Waals surface area contributed by atoms with Gasteiger partial charge >= 0.3 is 0 Å². The molecule has 1 N–H and O–H groups in total. The number of hydrogen-bond acceptors (Lipinski definition) is 9. The first kappa shape index (κ1) is 22.7. The second kappa shape index (κ2) is 10.9. The van der Waals surface area contributed by atoms with Gasteiger partial charge < -0.3 is 19.7 Å². The van der Waals surface area contributed by atoms with E-state index in [0.29, 0.717) is 36.5 Å². The fourth-order valence-electron chi connectivity index (χ4n) is 4.25. The zero-order valence-electron chi connectivity index (χ0n) is 18.9. The summed E-state index contributed by atoms with van der Waals surface area (Å²) in [5.41, 5.74) is 2.82. The van der Waals surface area contributed by atoms with Crippen molar-refractivity contribution in [3.05, 3.63) is 30.0 Å². The van der Waals surface area contributed by atoms with E-state index in [1.807, 2.05) is 19.1 Å². The molecule has 2 fully saturated rings. The van der Waals surface area contributed by atoms with E-state index in [1.54, 1.807) is 18.3 Å². The van der Waals surface area contributed by atoms with E-state index in [0.717, 1.165) is 55.9 Å². The van der Waals surface area contributed by atoms with E-state index in [-0.39, 0.29) is 6.10 Å². The molecule has 4 rings (SSSR count). The van der Waals surface area contributed by atoms with Gasteiger partial charge in [0, 0.05) is 37.1 Å². The number of aliphatic imine (C=N–C) groups is 2. The van der Waals surface area contributed by atoms with Gasteiger partial charge in [0.15, 0.2) is 5.69 Å². The van der Waals surface area contributed by atoms with Crippen LogP contribution in [0.2, 0.25) is 0 Å². The van der Waals surface area contributed by atoms with Crippen molar-refractivity contribution in [3.8, 4) is 11.8 Å². The minimum absolute atomic E-state index is 0.0917. The Kier molecular flexibility index (Phi) is 7.47. The number of aromatic nitrogens is 2. The molecule has 1 saturated carbocycles. The molecule has 0 amide bonds. The van der Waals surface area contributed by atoms with Crippen LogP contribution < -0.4 is 15.0 Å². The van der Waals surface area contributed by atoms with Gasteiger partial charge in [-0.05, 0) is 57.5 Å². The molecule has 172 valence electrons. The van der Waals surface area contributed by atoms with Crippen molar-refractivity contribution >= 4 is 35.8 Å². The van der Waals surface area contributed by atoms with Crippen molar-refractivity contribution in [2.75, 3.05) is 36.5 Å². The molecule has 2 heterocycles. The summed E-state index contributed by atoms with van der Waals surface area (Å²) in [5.74, 6) is 1.42. The van der Waals surface area contributed by atoms with E-state index in [1.165, 1.54) is 0 Å². The van der Waals surface area contributed by atoms with Crippen molar-refractivity contribution < 1.29 is 9.47 Å². The van der Waals surface area contributed by atoms with Crippen LogP contribution in [-0.2, 0) is 4.74 Å². The van der Waals surface area contributed by atoms with Crippen LogP contribution in [0.4, 0.5) is 22.9 Å². The molecule has 2 aromatic rings. The fourth-order valence-corrected chi connectivity index (χ4v) is 4.25. The molecule has 0 spiro atoms. The predicted molar refractivity (Wildman–Crippen MR) is 130 cm³/mol. The van der Waals surface area contributed by atoms with Gasteiger partial charge in [0.25, 0.3) is 0 Å². The number of anilines is 2. The molecule has 33 heavy (non-hydrogen) atoms. The molecule has 1 aliphatic carbocycles. The second-order valence-electron chi connectivity index (χ2n) is 8.11. The molecule has 0 radical (unpaired) electrons. The van der Waals surface area contributed by atoms with Gasteiger partial charge in [-0.15, -0.1) is 10.2 Å². The molecule has 1 aliphatic heterocycles. The maximum atomic E-state index is 8.86. The lowest BCUT2D eigenvalue weighted by atomic mass is 9.93. The predicted octanol–water partition coefficient (Wildman–Crippen LogP) is 4.04. The fraction of sp³-hybridized carbons (Fsp3) is 0.458. The van der Waals surface area contributed by atoms with Crippen LogP contribution in [0.1, 0.15) is 38.3 Å². The number of rotatable bonds is 7. The highest BCUT2D eigenvalue weighted by Crippen LogP contribution is 2.43. The summed E-state index contributed by atoms with van der Waals surface area (Å²) in [6.45, 7) is 8.75. The molecule has 9 heteroatoms. The van der Waals surface area contributed by atoms with Crippen molar-refractivity contribution in [2.24, 2.45) is 9.98 Å². The lowest BCUT2D eigenvalue weighted by Gasteiger charge is -2.32. The Hall–Kier alpha value is -3.51. The number of nitrogens with zero attached hydrogens (tertiary/aromatic N) is 6. The van der Waals surface area contributed by atoms with Crippen molar-refractivity contribution in [3.63, 3.8) is 0 Å². The quantitative estimate of drug-likeness (QED) is 0.638. The van der Waals surface area contributed by atoms with E-state index in [2.05, 4.69) is 43.2 Å². The summed E-state index contributed by atoms with van der Waals surface area (Å²) in [6.07, 6.45) is 5.57. The van der Waals surface area contributed by atoms with Crippen LogP contribution >= 0.6 is 0 Å². The normalized spacial score (nSPS) is 20.9. The van der Waals surface area contributed by atoms with Crippen LogP contribution in [0, 0.1) is 11.3 Å². The van der Waals surface area contributed by atoms with Crippen LogP contribution in [-0.4, -0.2) is 61.6 Å². The zero-order valence-corrected chi connectivity index (χ0v) is 18.9. The highest BCUT2D eigenvalue weighted by atomic mass is 16.5. The van der Waals surface area contributed by atoms with Crippen LogP contribution in [0.5, 0.6) is 5.75 Å². The van der Waals surface area contributed by atoms with Gasteiger partial charge in [0.1, 0.15) is 23.3 Å².